The van der Waals surface area contributed by atoms with Crippen molar-refractivity contribution >= 4 is 23.2 Å². The second-order valence-corrected chi connectivity index (χ2v) is 8.73. The monoisotopic (exact) mass is 413 g/mol. The summed E-state index contributed by atoms with van der Waals surface area (Å²) in [5.41, 5.74) is 3.19. The van der Waals surface area contributed by atoms with Crippen molar-refractivity contribution in [1.29, 1.82) is 0 Å². The third-order valence-electron chi connectivity index (χ3n) is 5.42. The Bertz CT molecular complexity index is 905. The summed E-state index contributed by atoms with van der Waals surface area (Å²) in [4.78, 5) is 16.4. The van der Waals surface area contributed by atoms with Crippen molar-refractivity contribution in [2.45, 2.75) is 59.9 Å². The number of ether oxygens (including phenoxy) is 1. The van der Waals surface area contributed by atoms with Gasteiger partial charge in [0.05, 0.1) is 11.1 Å². The van der Waals surface area contributed by atoms with E-state index in [4.69, 9.17) is 4.74 Å². The Labute approximate surface area is 177 Å². The number of Topliss-reactive ketones (excluding diaryl/α,β-unsaturated/α-hetero) is 1. The first-order valence-corrected chi connectivity index (χ1v) is 11.4. The van der Waals surface area contributed by atoms with Crippen molar-refractivity contribution < 1.29 is 14.6 Å². The Morgan fingerprint density at radius 3 is 2.41 bits per heavy atom. The van der Waals surface area contributed by atoms with Crippen molar-refractivity contribution in [3.8, 4) is 11.5 Å². The molecule has 1 aromatic heterocycles. The average Bonchev–Trinajstić information content (AvgIpc) is 3.24. The van der Waals surface area contributed by atoms with Gasteiger partial charge in [0.25, 0.3) is 0 Å². The number of phenols is 1. The summed E-state index contributed by atoms with van der Waals surface area (Å²) in [7, 11) is 0. The average molecular weight is 414 g/mol. The molecule has 1 aromatic carbocycles. The van der Waals surface area contributed by atoms with E-state index in [-0.39, 0.29) is 11.5 Å². The van der Waals surface area contributed by atoms with Gasteiger partial charge in [0.1, 0.15) is 11.5 Å². The number of hydrogen-bond donors (Lipinski definition) is 1. The predicted octanol–water partition coefficient (Wildman–Crippen LogP) is 6.09. The minimum atomic E-state index is -0.0970. The number of hydrogen-bond acceptors (Lipinski definition) is 5. The number of aromatic hydroxyl groups is 1. The molecule has 0 saturated carbocycles. The van der Waals surface area contributed by atoms with E-state index in [0.29, 0.717) is 23.6 Å². The van der Waals surface area contributed by atoms with Gasteiger partial charge in [-0.25, -0.2) is 0 Å². The van der Waals surface area contributed by atoms with E-state index in [1.165, 1.54) is 0 Å². The van der Waals surface area contributed by atoms with Crippen molar-refractivity contribution in [1.82, 2.24) is 4.90 Å². The first-order valence-electron chi connectivity index (χ1n) is 10.5. The van der Waals surface area contributed by atoms with Crippen LogP contribution in [0.2, 0.25) is 0 Å². The summed E-state index contributed by atoms with van der Waals surface area (Å²) >= 11 is 1.59. The van der Waals surface area contributed by atoms with E-state index < -0.39 is 0 Å². The summed E-state index contributed by atoms with van der Waals surface area (Å²) in [6.45, 7) is 10.8. The Kier molecular flexibility index (Phi) is 7.14. The van der Waals surface area contributed by atoms with Gasteiger partial charge < -0.3 is 9.84 Å². The lowest BCUT2D eigenvalue weighted by molar-refractivity contribution is 0.101. The molecule has 0 amide bonds. The van der Waals surface area contributed by atoms with Gasteiger partial charge in [-0.15, -0.1) is 11.3 Å². The predicted molar refractivity (Wildman–Crippen MR) is 120 cm³/mol. The molecule has 0 saturated heterocycles. The molecule has 2 heterocycles. The highest BCUT2D eigenvalue weighted by Gasteiger charge is 2.33. The van der Waals surface area contributed by atoms with Gasteiger partial charge >= 0.3 is 0 Å². The van der Waals surface area contributed by atoms with Crippen LogP contribution >= 0.6 is 11.3 Å². The zero-order chi connectivity index (χ0) is 21.0. The summed E-state index contributed by atoms with van der Waals surface area (Å²) in [6, 6.07) is 3.73. The molecule has 156 valence electrons. The number of unbranched alkanes of at least 4 members (excludes halogenated alkanes) is 2. The second kappa shape index (κ2) is 9.59. The number of phenolic OH excluding ortho intramolecular Hbond substituents is 1. The minimum Gasteiger partial charge on any atom is -0.507 e. The first-order chi connectivity index (χ1) is 14.0. The normalized spacial score (nSPS) is 14.7. The largest absolute Gasteiger partial charge is 0.507 e. The maximum absolute atomic E-state index is 13.1. The lowest BCUT2D eigenvalue weighted by Crippen LogP contribution is -2.26. The van der Waals surface area contributed by atoms with Gasteiger partial charge in [0.15, 0.2) is 5.76 Å². The number of carbonyl (C=O) groups is 1. The fraction of sp³-hybridized carbons (Fsp3) is 0.458. The lowest BCUT2D eigenvalue weighted by Gasteiger charge is -2.23. The van der Waals surface area contributed by atoms with Crippen LogP contribution in [0.5, 0.6) is 11.5 Å². The number of aryl methyl sites for hydroxylation is 2. The SMILES string of the molecule is CCCCN(CCCC)Cc1c(O)cc(C)c2c1O/C(=C/c1sccc1C)C2=O. The van der Waals surface area contributed by atoms with Gasteiger partial charge in [-0.2, -0.15) is 0 Å². The smallest absolute Gasteiger partial charge is 0.232 e. The third-order valence-corrected chi connectivity index (χ3v) is 6.39. The number of carbonyl (C=O) groups excluding carboxylic acids is 1. The molecule has 0 atom stereocenters. The Hall–Kier alpha value is -2.11. The molecule has 0 unspecified atom stereocenters. The summed E-state index contributed by atoms with van der Waals surface area (Å²) in [6.07, 6.45) is 6.31. The lowest BCUT2D eigenvalue weighted by atomic mass is 9.99. The molecule has 0 fully saturated rings. The minimum absolute atomic E-state index is 0.0970. The van der Waals surface area contributed by atoms with Crippen LogP contribution in [-0.2, 0) is 6.54 Å². The van der Waals surface area contributed by atoms with Crippen LogP contribution in [0.15, 0.2) is 23.3 Å². The molecule has 3 rings (SSSR count). The number of nitrogens with zero attached hydrogens (tertiary/aromatic N) is 1. The van der Waals surface area contributed by atoms with E-state index in [0.717, 1.165) is 60.3 Å². The fourth-order valence-corrected chi connectivity index (χ4v) is 4.49. The highest BCUT2D eigenvalue weighted by Crippen LogP contribution is 2.42. The quantitative estimate of drug-likeness (QED) is 0.506. The van der Waals surface area contributed by atoms with E-state index >= 15 is 0 Å². The molecule has 5 heteroatoms. The fourth-order valence-electron chi connectivity index (χ4n) is 3.64. The van der Waals surface area contributed by atoms with Crippen LogP contribution in [0.4, 0.5) is 0 Å². The summed E-state index contributed by atoms with van der Waals surface area (Å²) in [5, 5.41) is 12.7. The standard InChI is InChI=1S/C24H31NO3S/c1-5-7-10-25(11-8-6-2)15-18-19(26)13-17(4)22-23(27)20(28-24(18)22)14-21-16(3)9-12-29-21/h9,12-14,26H,5-8,10-11,15H2,1-4H3/b20-14+. The molecule has 1 N–H and O–H groups in total. The molecular weight excluding hydrogens is 382 g/mol. The third kappa shape index (κ3) is 4.73. The maximum atomic E-state index is 13.1. The van der Waals surface area contributed by atoms with Crippen molar-refractivity contribution in [2.75, 3.05) is 13.1 Å². The highest BCUT2D eigenvalue weighted by molar-refractivity contribution is 7.11. The van der Waals surface area contributed by atoms with Crippen LogP contribution in [-0.4, -0.2) is 28.9 Å². The second-order valence-electron chi connectivity index (χ2n) is 7.79. The van der Waals surface area contributed by atoms with Gasteiger partial charge in [-0.1, -0.05) is 26.7 Å². The Morgan fingerprint density at radius 1 is 1.14 bits per heavy atom. The van der Waals surface area contributed by atoms with Crippen molar-refractivity contribution in [3.63, 3.8) is 0 Å². The van der Waals surface area contributed by atoms with Crippen LogP contribution in [0.1, 0.15) is 71.5 Å². The molecule has 2 aromatic rings. The number of thiophene rings is 1. The van der Waals surface area contributed by atoms with Crippen molar-refractivity contribution in [3.05, 3.63) is 50.4 Å². The Morgan fingerprint density at radius 2 is 1.83 bits per heavy atom. The number of allylic oxidation sites excluding steroid dienone is 1. The summed E-state index contributed by atoms with van der Waals surface area (Å²) in [5.74, 6) is 0.987. The number of ketones is 1. The topological polar surface area (TPSA) is 49.8 Å². The maximum Gasteiger partial charge on any atom is 0.232 e. The molecule has 0 radical (unpaired) electrons. The van der Waals surface area contributed by atoms with Gasteiger partial charge in [-0.05, 0) is 68.4 Å². The molecule has 0 aliphatic carbocycles. The van der Waals surface area contributed by atoms with E-state index in [1.54, 1.807) is 17.4 Å². The Balaban J connectivity index is 1.95. The molecule has 0 bridgehead atoms. The van der Waals surface area contributed by atoms with Crippen LogP contribution in [0, 0.1) is 13.8 Å². The van der Waals surface area contributed by atoms with Crippen LogP contribution < -0.4 is 4.74 Å². The molecule has 4 nitrogen and oxygen atoms in total. The molecule has 1 aliphatic heterocycles. The van der Waals surface area contributed by atoms with E-state index in [2.05, 4.69) is 18.7 Å². The van der Waals surface area contributed by atoms with Crippen molar-refractivity contribution in [2.24, 2.45) is 0 Å². The number of rotatable bonds is 9. The van der Waals surface area contributed by atoms with E-state index in [9.17, 15) is 9.90 Å². The molecular formula is C24H31NO3S. The molecule has 29 heavy (non-hydrogen) atoms. The van der Waals surface area contributed by atoms with Crippen LogP contribution in [0.25, 0.3) is 6.08 Å². The van der Waals surface area contributed by atoms with Crippen LogP contribution in [0.3, 0.4) is 0 Å². The zero-order valence-corrected chi connectivity index (χ0v) is 18.7. The van der Waals surface area contributed by atoms with Gasteiger partial charge in [-0.3, -0.25) is 9.69 Å². The first kappa shape index (κ1) is 21.6. The van der Waals surface area contributed by atoms with Gasteiger partial charge in [0, 0.05) is 17.5 Å². The number of benzene rings is 1. The zero-order valence-electron chi connectivity index (χ0n) is 17.9. The molecule has 1 aliphatic rings. The van der Waals surface area contributed by atoms with E-state index in [1.807, 2.05) is 31.4 Å². The number of fused-ring (bicyclic) bond motifs is 1. The summed E-state index contributed by atoms with van der Waals surface area (Å²) < 4.78 is 6.08. The van der Waals surface area contributed by atoms with Gasteiger partial charge in [0.2, 0.25) is 5.78 Å². The molecule has 0 spiro atoms. The highest BCUT2D eigenvalue weighted by atomic mass is 32.1.